The average Bonchev–Trinajstić information content (AvgIpc) is 2.23. The van der Waals surface area contributed by atoms with Gasteiger partial charge in [-0.1, -0.05) is 6.07 Å². The van der Waals surface area contributed by atoms with Crippen molar-refractivity contribution in [3.63, 3.8) is 0 Å². The molecule has 88 valence electrons. The third-order valence-corrected chi connectivity index (χ3v) is 2.64. The van der Waals surface area contributed by atoms with Gasteiger partial charge in [-0.3, -0.25) is 4.79 Å². The van der Waals surface area contributed by atoms with Gasteiger partial charge in [0, 0.05) is 12.1 Å². The highest BCUT2D eigenvalue weighted by Gasteiger charge is 2.10. The fraction of sp³-hybridized carbons (Fsp3) is 0.462. The molecule has 0 fully saturated rings. The Morgan fingerprint density at radius 2 is 1.81 bits per heavy atom. The third kappa shape index (κ3) is 3.15. The van der Waals surface area contributed by atoms with Gasteiger partial charge in [0.05, 0.1) is 6.61 Å². The number of hydrogen-bond donors (Lipinski definition) is 1. The molecule has 0 amide bonds. The van der Waals surface area contributed by atoms with Gasteiger partial charge in [-0.2, -0.15) is 0 Å². The zero-order valence-corrected chi connectivity index (χ0v) is 10.2. The van der Waals surface area contributed by atoms with E-state index in [0.717, 1.165) is 16.7 Å². The van der Waals surface area contributed by atoms with Crippen LogP contribution in [0.2, 0.25) is 0 Å². The van der Waals surface area contributed by atoms with Crippen molar-refractivity contribution in [3.05, 3.63) is 34.4 Å². The number of aryl methyl sites for hydroxylation is 3. The number of ether oxygens (including phenoxy) is 1. The number of rotatable bonds is 5. The molecule has 0 spiro atoms. The van der Waals surface area contributed by atoms with Gasteiger partial charge < -0.3 is 10.5 Å². The molecule has 0 aliphatic rings. The molecule has 1 aromatic rings. The van der Waals surface area contributed by atoms with Gasteiger partial charge in [-0.25, -0.2) is 0 Å². The lowest BCUT2D eigenvalue weighted by molar-refractivity contribution is 0.0773. The standard InChI is InChI=1S/C13H19NO2/c1-9-6-11(3)12(7-10(9)2)13(15)8-16-5-4-14/h6-7H,4-5,8,14H2,1-3H3. The van der Waals surface area contributed by atoms with Crippen molar-refractivity contribution >= 4 is 5.78 Å². The van der Waals surface area contributed by atoms with Crippen LogP contribution < -0.4 is 5.73 Å². The van der Waals surface area contributed by atoms with Gasteiger partial charge in [0.2, 0.25) is 0 Å². The maximum absolute atomic E-state index is 11.8. The van der Waals surface area contributed by atoms with E-state index in [0.29, 0.717) is 13.2 Å². The highest BCUT2D eigenvalue weighted by Crippen LogP contribution is 2.15. The molecule has 0 bridgehead atoms. The number of carbonyl (C=O) groups excluding carboxylic acids is 1. The van der Waals surface area contributed by atoms with Crippen LogP contribution in [-0.2, 0) is 4.74 Å². The first-order valence-electron chi connectivity index (χ1n) is 5.45. The molecule has 0 aliphatic carbocycles. The number of hydrogen-bond acceptors (Lipinski definition) is 3. The Balaban J connectivity index is 2.79. The Morgan fingerprint density at radius 3 is 2.44 bits per heavy atom. The van der Waals surface area contributed by atoms with Gasteiger partial charge in [0.15, 0.2) is 5.78 Å². The molecule has 0 aromatic heterocycles. The van der Waals surface area contributed by atoms with Gasteiger partial charge in [-0.05, 0) is 43.5 Å². The number of Topliss-reactive ketones (excluding diaryl/α,β-unsaturated/α-hetero) is 1. The van der Waals surface area contributed by atoms with Crippen LogP contribution in [0, 0.1) is 20.8 Å². The van der Waals surface area contributed by atoms with Crippen LogP contribution in [0.1, 0.15) is 27.0 Å². The van der Waals surface area contributed by atoms with Crippen LogP contribution in [0.3, 0.4) is 0 Å². The van der Waals surface area contributed by atoms with Crippen molar-refractivity contribution in [3.8, 4) is 0 Å². The van der Waals surface area contributed by atoms with Crippen LogP contribution in [0.25, 0.3) is 0 Å². The zero-order valence-electron chi connectivity index (χ0n) is 10.2. The highest BCUT2D eigenvalue weighted by molar-refractivity contribution is 5.98. The summed E-state index contributed by atoms with van der Waals surface area (Å²) in [4.78, 5) is 11.8. The lowest BCUT2D eigenvalue weighted by Crippen LogP contribution is -2.15. The predicted octanol–water partition coefficient (Wildman–Crippen LogP) is 1.77. The normalized spacial score (nSPS) is 10.5. The van der Waals surface area contributed by atoms with Crippen LogP contribution in [0.4, 0.5) is 0 Å². The van der Waals surface area contributed by atoms with Crippen LogP contribution in [0.15, 0.2) is 12.1 Å². The number of benzene rings is 1. The Kier molecular flexibility index (Phi) is 4.65. The van der Waals surface area contributed by atoms with E-state index in [9.17, 15) is 4.79 Å². The Bertz CT molecular complexity index is 386. The van der Waals surface area contributed by atoms with Crippen LogP contribution in [0.5, 0.6) is 0 Å². The zero-order chi connectivity index (χ0) is 12.1. The van der Waals surface area contributed by atoms with Gasteiger partial charge in [-0.15, -0.1) is 0 Å². The van der Waals surface area contributed by atoms with Crippen LogP contribution in [-0.4, -0.2) is 25.5 Å². The molecule has 16 heavy (non-hydrogen) atoms. The Hall–Kier alpha value is -1.19. The number of ketones is 1. The summed E-state index contributed by atoms with van der Waals surface area (Å²) in [6.07, 6.45) is 0. The summed E-state index contributed by atoms with van der Waals surface area (Å²) in [7, 11) is 0. The molecular weight excluding hydrogens is 202 g/mol. The summed E-state index contributed by atoms with van der Waals surface area (Å²) >= 11 is 0. The average molecular weight is 221 g/mol. The summed E-state index contributed by atoms with van der Waals surface area (Å²) in [6, 6.07) is 3.96. The molecule has 3 nitrogen and oxygen atoms in total. The molecule has 0 aliphatic heterocycles. The lowest BCUT2D eigenvalue weighted by Gasteiger charge is -2.09. The minimum atomic E-state index is 0.0223. The molecule has 0 saturated carbocycles. The van der Waals surface area contributed by atoms with Crippen molar-refractivity contribution in [1.82, 2.24) is 0 Å². The molecule has 1 rings (SSSR count). The van der Waals surface area contributed by atoms with E-state index in [1.54, 1.807) is 0 Å². The summed E-state index contributed by atoms with van der Waals surface area (Å²) < 4.78 is 5.15. The second-order valence-corrected chi connectivity index (χ2v) is 4.02. The highest BCUT2D eigenvalue weighted by atomic mass is 16.5. The maximum Gasteiger partial charge on any atom is 0.188 e. The largest absolute Gasteiger partial charge is 0.372 e. The molecule has 0 atom stereocenters. The van der Waals surface area contributed by atoms with E-state index in [1.807, 2.05) is 32.9 Å². The molecule has 2 N–H and O–H groups in total. The molecule has 0 heterocycles. The van der Waals surface area contributed by atoms with E-state index in [-0.39, 0.29) is 12.4 Å². The molecular formula is C13H19NO2. The van der Waals surface area contributed by atoms with E-state index in [4.69, 9.17) is 10.5 Å². The summed E-state index contributed by atoms with van der Waals surface area (Å²) in [5.74, 6) is 0.0223. The molecule has 0 unspecified atom stereocenters. The van der Waals surface area contributed by atoms with Crippen molar-refractivity contribution in [2.24, 2.45) is 5.73 Å². The van der Waals surface area contributed by atoms with Crippen molar-refractivity contribution in [2.45, 2.75) is 20.8 Å². The Labute approximate surface area is 96.6 Å². The van der Waals surface area contributed by atoms with E-state index in [1.165, 1.54) is 5.56 Å². The minimum absolute atomic E-state index is 0.0223. The second kappa shape index (κ2) is 5.77. The first kappa shape index (κ1) is 12.9. The van der Waals surface area contributed by atoms with Gasteiger partial charge in [0.1, 0.15) is 6.61 Å². The monoisotopic (exact) mass is 221 g/mol. The van der Waals surface area contributed by atoms with Gasteiger partial charge >= 0.3 is 0 Å². The fourth-order valence-electron chi connectivity index (χ4n) is 1.59. The van der Waals surface area contributed by atoms with E-state index < -0.39 is 0 Å². The lowest BCUT2D eigenvalue weighted by atomic mass is 9.98. The first-order valence-corrected chi connectivity index (χ1v) is 5.45. The number of nitrogens with two attached hydrogens (primary N) is 1. The van der Waals surface area contributed by atoms with Crippen molar-refractivity contribution in [1.29, 1.82) is 0 Å². The topological polar surface area (TPSA) is 52.3 Å². The molecule has 1 aromatic carbocycles. The first-order chi connectivity index (χ1) is 7.56. The molecule has 0 radical (unpaired) electrons. The fourth-order valence-corrected chi connectivity index (χ4v) is 1.59. The Morgan fingerprint density at radius 1 is 1.19 bits per heavy atom. The van der Waals surface area contributed by atoms with Crippen molar-refractivity contribution in [2.75, 3.05) is 19.8 Å². The maximum atomic E-state index is 11.8. The molecule has 0 saturated heterocycles. The summed E-state index contributed by atoms with van der Waals surface area (Å²) in [6.45, 7) is 6.98. The van der Waals surface area contributed by atoms with Crippen LogP contribution >= 0.6 is 0 Å². The SMILES string of the molecule is Cc1cc(C)c(C(=O)COCCN)cc1C. The van der Waals surface area contributed by atoms with E-state index in [2.05, 4.69) is 0 Å². The van der Waals surface area contributed by atoms with E-state index >= 15 is 0 Å². The summed E-state index contributed by atoms with van der Waals surface area (Å²) in [5, 5.41) is 0. The quantitative estimate of drug-likeness (QED) is 0.609. The van der Waals surface area contributed by atoms with Crippen molar-refractivity contribution < 1.29 is 9.53 Å². The predicted molar refractivity (Wildman–Crippen MR) is 64.9 cm³/mol. The number of carbonyl (C=O) groups is 1. The summed E-state index contributed by atoms with van der Waals surface area (Å²) in [5.41, 5.74) is 9.38. The van der Waals surface area contributed by atoms with Gasteiger partial charge in [0.25, 0.3) is 0 Å². The third-order valence-electron chi connectivity index (χ3n) is 2.64. The minimum Gasteiger partial charge on any atom is -0.372 e. The second-order valence-electron chi connectivity index (χ2n) is 4.02. The smallest absolute Gasteiger partial charge is 0.188 e. The molecule has 3 heteroatoms.